The van der Waals surface area contributed by atoms with Crippen molar-refractivity contribution in [1.82, 2.24) is 5.32 Å². The van der Waals surface area contributed by atoms with Gasteiger partial charge in [-0.2, -0.15) is 0 Å². The van der Waals surface area contributed by atoms with Gasteiger partial charge in [0, 0.05) is 6.92 Å². The van der Waals surface area contributed by atoms with Crippen LogP contribution in [0.15, 0.2) is 0 Å². The van der Waals surface area contributed by atoms with Gasteiger partial charge in [-0.05, 0) is 0 Å². The van der Waals surface area contributed by atoms with Crippen molar-refractivity contribution in [1.29, 1.82) is 0 Å². The van der Waals surface area contributed by atoms with Gasteiger partial charge in [-0.25, -0.2) is 0 Å². The molecule has 1 aliphatic rings. The third-order valence-corrected chi connectivity index (χ3v) is 2.20. The molecule has 1 amide bonds. The van der Waals surface area contributed by atoms with Crippen LogP contribution in [-0.2, 0) is 9.53 Å². The smallest absolute Gasteiger partial charge is 0.217 e. The Balaban J connectivity index is 2.54. The van der Waals surface area contributed by atoms with E-state index in [-0.39, 0.29) is 19.1 Å². The van der Waals surface area contributed by atoms with Crippen LogP contribution in [0.3, 0.4) is 0 Å². The van der Waals surface area contributed by atoms with E-state index < -0.39 is 24.4 Å². The lowest BCUT2D eigenvalue weighted by Crippen LogP contribution is -2.59. The quantitative estimate of drug-likeness (QED) is 0.403. The van der Waals surface area contributed by atoms with Gasteiger partial charge < -0.3 is 25.4 Å². The molecule has 0 saturated carbocycles. The maximum absolute atomic E-state index is 10.7. The van der Waals surface area contributed by atoms with E-state index in [9.17, 15) is 15.0 Å². The van der Waals surface area contributed by atoms with E-state index >= 15 is 0 Å². The summed E-state index contributed by atoms with van der Waals surface area (Å²) < 4.78 is 5.05. The Bertz CT molecular complexity index is 210. The van der Waals surface area contributed by atoms with Crippen molar-refractivity contribution >= 4 is 5.91 Å². The van der Waals surface area contributed by atoms with E-state index in [1.54, 1.807) is 0 Å². The van der Waals surface area contributed by atoms with Crippen LogP contribution in [0, 0.1) is 0 Å². The number of carbonyl (C=O) groups is 1. The summed E-state index contributed by atoms with van der Waals surface area (Å²) in [5.41, 5.74) is 0. The maximum Gasteiger partial charge on any atom is 0.217 e. The highest BCUT2D eigenvalue weighted by atomic mass is 16.5. The highest BCUT2D eigenvalue weighted by Gasteiger charge is 2.38. The average molecular weight is 205 g/mol. The van der Waals surface area contributed by atoms with Gasteiger partial charge in [-0.3, -0.25) is 4.79 Å². The highest BCUT2D eigenvalue weighted by molar-refractivity contribution is 5.73. The third-order valence-electron chi connectivity index (χ3n) is 2.20. The molecule has 1 saturated heterocycles. The van der Waals surface area contributed by atoms with E-state index in [1.807, 2.05) is 0 Å². The fourth-order valence-corrected chi connectivity index (χ4v) is 1.43. The Morgan fingerprint density at radius 2 is 2.14 bits per heavy atom. The van der Waals surface area contributed by atoms with Crippen LogP contribution < -0.4 is 5.32 Å². The van der Waals surface area contributed by atoms with Gasteiger partial charge >= 0.3 is 0 Å². The molecule has 0 unspecified atom stereocenters. The van der Waals surface area contributed by atoms with Crippen molar-refractivity contribution in [3.05, 3.63) is 0 Å². The predicted octanol–water partition coefficient (Wildman–Crippen LogP) is -2.40. The first kappa shape index (κ1) is 11.4. The topological polar surface area (TPSA) is 99.0 Å². The summed E-state index contributed by atoms with van der Waals surface area (Å²) in [6, 6.07) is -0.620. The molecular weight excluding hydrogens is 190 g/mol. The number of aliphatic hydroxyl groups is 3. The Kier molecular flexibility index (Phi) is 3.82. The fourth-order valence-electron chi connectivity index (χ4n) is 1.43. The minimum Gasteiger partial charge on any atom is -0.394 e. The first-order chi connectivity index (χ1) is 6.56. The molecule has 0 bridgehead atoms. The minimum absolute atomic E-state index is 0.0863. The van der Waals surface area contributed by atoms with Crippen LogP contribution in [0.5, 0.6) is 0 Å². The summed E-state index contributed by atoms with van der Waals surface area (Å²) in [5, 5.41) is 30.2. The third kappa shape index (κ3) is 2.42. The molecule has 4 atom stereocenters. The summed E-state index contributed by atoms with van der Waals surface area (Å²) in [4.78, 5) is 10.7. The molecule has 82 valence electrons. The number of aliphatic hydroxyl groups excluding tert-OH is 3. The monoisotopic (exact) mass is 205 g/mol. The average Bonchev–Trinajstić information content (AvgIpc) is 2.13. The predicted molar refractivity (Wildman–Crippen MR) is 46.4 cm³/mol. The van der Waals surface area contributed by atoms with Crippen molar-refractivity contribution in [2.75, 3.05) is 13.2 Å². The Morgan fingerprint density at radius 1 is 1.50 bits per heavy atom. The normalized spacial score (nSPS) is 38.0. The molecule has 6 heteroatoms. The zero-order chi connectivity index (χ0) is 10.7. The van der Waals surface area contributed by atoms with E-state index in [2.05, 4.69) is 5.32 Å². The number of amides is 1. The highest BCUT2D eigenvalue weighted by Crippen LogP contribution is 2.14. The van der Waals surface area contributed by atoms with Gasteiger partial charge in [0.2, 0.25) is 5.91 Å². The Hall–Kier alpha value is -0.690. The van der Waals surface area contributed by atoms with Crippen molar-refractivity contribution in [3.63, 3.8) is 0 Å². The molecule has 1 fully saturated rings. The van der Waals surface area contributed by atoms with Gasteiger partial charge in [-0.15, -0.1) is 0 Å². The summed E-state index contributed by atoms with van der Waals surface area (Å²) in [6.45, 7) is 1.05. The molecule has 0 aromatic rings. The lowest BCUT2D eigenvalue weighted by molar-refractivity contribution is -0.164. The van der Waals surface area contributed by atoms with E-state index in [4.69, 9.17) is 9.84 Å². The lowest BCUT2D eigenvalue weighted by atomic mass is 9.98. The molecule has 0 spiro atoms. The number of ether oxygens (including phenoxy) is 1. The fraction of sp³-hybridized carbons (Fsp3) is 0.875. The second-order valence-corrected chi connectivity index (χ2v) is 3.34. The zero-order valence-electron chi connectivity index (χ0n) is 7.88. The summed E-state index contributed by atoms with van der Waals surface area (Å²) in [6.07, 6.45) is -3.06. The van der Waals surface area contributed by atoms with Crippen LogP contribution in [-0.4, -0.2) is 58.8 Å². The van der Waals surface area contributed by atoms with E-state index in [0.717, 1.165) is 0 Å². The molecule has 4 N–H and O–H groups in total. The lowest BCUT2D eigenvalue weighted by Gasteiger charge is -2.36. The Morgan fingerprint density at radius 3 is 2.64 bits per heavy atom. The van der Waals surface area contributed by atoms with Crippen LogP contribution in [0.25, 0.3) is 0 Å². The van der Waals surface area contributed by atoms with Gasteiger partial charge in [-0.1, -0.05) is 0 Å². The van der Waals surface area contributed by atoms with E-state index in [0.29, 0.717) is 0 Å². The van der Waals surface area contributed by atoms with Gasteiger partial charge in [0.05, 0.1) is 19.3 Å². The van der Waals surface area contributed by atoms with Crippen LogP contribution in [0.2, 0.25) is 0 Å². The van der Waals surface area contributed by atoms with Gasteiger partial charge in [0.1, 0.15) is 18.3 Å². The van der Waals surface area contributed by atoms with Crippen molar-refractivity contribution in [2.24, 2.45) is 0 Å². The van der Waals surface area contributed by atoms with Crippen molar-refractivity contribution < 1.29 is 24.9 Å². The number of hydrogen-bond donors (Lipinski definition) is 4. The van der Waals surface area contributed by atoms with Crippen molar-refractivity contribution in [2.45, 2.75) is 31.3 Å². The number of rotatable bonds is 2. The molecule has 6 nitrogen and oxygen atoms in total. The Labute approximate surface area is 81.5 Å². The minimum atomic E-state index is -1.18. The number of carbonyl (C=O) groups excluding carboxylic acids is 1. The second-order valence-electron chi connectivity index (χ2n) is 3.34. The summed E-state index contributed by atoms with van der Waals surface area (Å²) in [7, 11) is 0. The van der Waals surface area contributed by atoms with Crippen LogP contribution in [0.4, 0.5) is 0 Å². The van der Waals surface area contributed by atoms with E-state index in [1.165, 1.54) is 6.92 Å². The van der Waals surface area contributed by atoms with Crippen LogP contribution >= 0.6 is 0 Å². The molecule has 0 aliphatic carbocycles. The van der Waals surface area contributed by atoms with Crippen molar-refractivity contribution in [3.8, 4) is 0 Å². The number of nitrogens with one attached hydrogen (secondary N) is 1. The molecule has 0 aromatic carbocycles. The first-order valence-corrected chi connectivity index (χ1v) is 4.42. The van der Waals surface area contributed by atoms with Gasteiger partial charge in [0.15, 0.2) is 0 Å². The first-order valence-electron chi connectivity index (χ1n) is 4.42. The number of hydrogen-bond acceptors (Lipinski definition) is 5. The zero-order valence-corrected chi connectivity index (χ0v) is 7.88. The molecule has 0 aromatic heterocycles. The summed E-state index contributed by atoms with van der Waals surface area (Å²) in [5.74, 6) is -0.299. The molecule has 1 heterocycles. The molecular formula is C8H15NO5. The molecule has 1 aliphatic heterocycles. The van der Waals surface area contributed by atoms with Crippen LogP contribution in [0.1, 0.15) is 6.92 Å². The molecule has 14 heavy (non-hydrogen) atoms. The second kappa shape index (κ2) is 4.70. The maximum atomic E-state index is 10.7. The SMILES string of the molecule is CC(=O)N[C@H]1CO[C@H](CO)[C@H](O)[C@@H]1O. The summed E-state index contributed by atoms with van der Waals surface area (Å²) >= 11 is 0. The molecule has 0 radical (unpaired) electrons. The largest absolute Gasteiger partial charge is 0.394 e. The standard InChI is InChI=1S/C8H15NO5/c1-4(11)9-5-3-14-6(2-10)8(13)7(5)12/h5-8,10,12-13H,2-3H2,1H3,(H,9,11)/t5-,6+,7+,8-/m0/s1. The van der Waals surface area contributed by atoms with Gasteiger partial charge in [0.25, 0.3) is 0 Å². The molecule has 1 rings (SSSR count).